The molecule has 1 N–H and O–H groups in total. The van der Waals surface area contributed by atoms with Gasteiger partial charge in [0.25, 0.3) is 11.8 Å². The molecule has 0 bridgehead atoms. The zero-order valence-corrected chi connectivity index (χ0v) is 18.3. The van der Waals surface area contributed by atoms with Crippen molar-refractivity contribution < 1.29 is 19.1 Å². The van der Waals surface area contributed by atoms with Gasteiger partial charge in [-0.25, -0.2) is 0 Å². The van der Waals surface area contributed by atoms with E-state index in [0.717, 1.165) is 17.0 Å². The van der Waals surface area contributed by atoms with Gasteiger partial charge in [-0.3, -0.25) is 9.59 Å². The van der Waals surface area contributed by atoms with Crippen LogP contribution >= 0.6 is 0 Å². The van der Waals surface area contributed by atoms with E-state index in [-0.39, 0.29) is 18.4 Å². The van der Waals surface area contributed by atoms with E-state index in [1.54, 1.807) is 29.2 Å². The summed E-state index contributed by atoms with van der Waals surface area (Å²) in [5.74, 6) is 1.82. The SMILES string of the molecule is O=C(Nc1ccc(Oc2ccccc2)cc1)c1ccc(CN2C(=O)COc3ccccc32)cc1. The zero-order valence-electron chi connectivity index (χ0n) is 18.3. The molecule has 1 aliphatic heterocycles. The van der Waals surface area contributed by atoms with E-state index in [2.05, 4.69) is 5.32 Å². The molecule has 0 spiro atoms. The summed E-state index contributed by atoms with van der Waals surface area (Å²) in [6.07, 6.45) is 0. The van der Waals surface area contributed by atoms with Gasteiger partial charge in [-0.2, -0.15) is 0 Å². The van der Waals surface area contributed by atoms with E-state index in [1.165, 1.54) is 0 Å². The normalized spacial score (nSPS) is 12.5. The molecule has 0 unspecified atom stereocenters. The number of fused-ring (bicyclic) bond motifs is 1. The van der Waals surface area contributed by atoms with E-state index in [1.807, 2.05) is 78.9 Å². The van der Waals surface area contributed by atoms with E-state index in [0.29, 0.717) is 29.3 Å². The Bertz CT molecular complexity index is 1300. The van der Waals surface area contributed by atoms with Crippen molar-refractivity contribution in [1.82, 2.24) is 0 Å². The minimum Gasteiger partial charge on any atom is -0.482 e. The third-order valence-electron chi connectivity index (χ3n) is 5.46. The number of benzene rings is 4. The van der Waals surface area contributed by atoms with Gasteiger partial charge in [0.2, 0.25) is 0 Å². The number of nitrogens with zero attached hydrogens (tertiary/aromatic N) is 1. The van der Waals surface area contributed by atoms with E-state index >= 15 is 0 Å². The first-order valence-electron chi connectivity index (χ1n) is 10.9. The van der Waals surface area contributed by atoms with Gasteiger partial charge in [-0.05, 0) is 66.2 Å². The van der Waals surface area contributed by atoms with Gasteiger partial charge in [0, 0.05) is 11.3 Å². The predicted molar refractivity (Wildman–Crippen MR) is 130 cm³/mol. The maximum absolute atomic E-state index is 12.7. The Balaban J connectivity index is 1.22. The van der Waals surface area contributed by atoms with Crippen LogP contribution in [0.1, 0.15) is 15.9 Å². The first-order chi connectivity index (χ1) is 16.7. The molecule has 4 aromatic carbocycles. The van der Waals surface area contributed by atoms with E-state index in [9.17, 15) is 9.59 Å². The first kappa shape index (κ1) is 21.3. The van der Waals surface area contributed by atoms with Crippen molar-refractivity contribution in [2.24, 2.45) is 0 Å². The molecule has 0 saturated carbocycles. The molecular formula is C28H22N2O4. The average molecular weight is 450 g/mol. The third-order valence-corrected chi connectivity index (χ3v) is 5.46. The van der Waals surface area contributed by atoms with Gasteiger partial charge >= 0.3 is 0 Å². The number of hydrogen-bond acceptors (Lipinski definition) is 4. The third kappa shape index (κ3) is 4.76. The van der Waals surface area contributed by atoms with Gasteiger partial charge < -0.3 is 19.7 Å². The van der Waals surface area contributed by atoms with Crippen LogP contribution in [0.25, 0.3) is 0 Å². The lowest BCUT2D eigenvalue weighted by Crippen LogP contribution is -2.38. The molecule has 6 nitrogen and oxygen atoms in total. The number of ether oxygens (including phenoxy) is 2. The van der Waals surface area contributed by atoms with Crippen LogP contribution in [0.5, 0.6) is 17.2 Å². The maximum Gasteiger partial charge on any atom is 0.265 e. The van der Waals surface area contributed by atoms with Crippen LogP contribution in [0.2, 0.25) is 0 Å². The Hall–Kier alpha value is -4.58. The highest BCUT2D eigenvalue weighted by Gasteiger charge is 2.25. The highest BCUT2D eigenvalue weighted by molar-refractivity contribution is 6.04. The lowest BCUT2D eigenvalue weighted by Gasteiger charge is -2.29. The molecule has 1 aliphatic rings. The lowest BCUT2D eigenvalue weighted by molar-refractivity contribution is -0.121. The Morgan fingerprint density at radius 1 is 0.824 bits per heavy atom. The zero-order chi connectivity index (χ0) is 23.3. The smallest absolute Gasteiger partial charge is 0.265 e. The van der Waals surface area contributed by atoms with E-state index in [4.69, 9.17) is 9.47 Å². The first-order valence-corrected chi connectivity index (χ1v) is 10.9. The Labute approximate surface area is 197 Å². The maximum atomic E-state index is 12.7. The van der Waals surface area contributed by atoms with Gasteiger partial charge in [0.05, 0.1) is 12.2 Å². The number of carbonyl (C=O) groups is 2. The monoisotopic (exact) mass is 450 g/mol. The number of para-hydroxylation sites is 3. The van der Waals surface area contributed by atoms with Crippen molar-refractivity contribution in [3.8, 4) is 17.2 Å². The van der Waals surface area contributed by atoms with Crippen LogP contribution in [0.15, 0.2) is 103 Å². The van der Waals surface area contributed by atoms with Crippen LogP contribution < -0.4 is 19.7 Å². The summed E-state index contributed by atoms with van der Waals surface area (Å²) >= 11 is 0. The fraction of sp³-hybridized carbons (Fsp3) is 0.0714. The lowest BCUT2D eigenvalue weighted by atomic mass is 10.1. The standard InChI is InChI=1S/C28H22N2O4/c31-27-19-33-26-9-5-4-8-25(26)30(27)18-20-10-12-21(13-11-20)28(32)29-22-14-16-24(17-15-22)34-23-6-2-1-3-7-23/h1-17H,18-19H2,(H,29,32). The summed E-state index contributed by atoms with van der Waals surface area (Å²) in [5.41, 5.74) is 2.87. The molecular weight excluding hydrogens is 428 g/mol. The molecule has 0 radical (unpaired) electrons. The molecule has 1 heterocycles. The van der Waals surface area contributed by atoms with Crippen LogP contribution in [-0.2, 0) is 11.3 Å². The number of rotatable bonds is 6. The summed E-state index contributed by atoms with van der Waals surface area (Å²) in [5, 5.41) is 2.89. The van der Waals surface area contributed by atoms with Crippen LogP contribution in [0, 0.1) is 0 Å². The Morgan fingerprint density at radius 2 is 1.50 bits per heavy atom. The van der Waals surface area contributed by atoms with Gasteiger partial charge in [-0.15, -0.1) is 0 Å². The fourth-order valence-corrected chi connectivity index (χ4v) is 3.71. The molecule has 0 aromatic heterocycles. The largest absolute Gasteiger partial charge is 0.482 e. The number of anilines is 2. The molecule has 6 heteroatoms. The summed E-state index contributed by atoms with van der Waals surface area (Å²) in [7, 11) is 0. The van der Waals surface area contributed by atoms with Crippen molar-refractivity contribution in [3.63, 3.8) is 0 Å². The van der Waals surface area contributed by atoms with Crippen molar-refractivity contribution in [3.05, 3.63) is 114 Å². The number of amides is 2. The predicted octanol–water partition coefficient (Wildman–Crippen LogP) is 5.66. The fourth-order valence-electron chi connectivity index (χ4n) is 3.71. The molecule has 0 fully saturated rings. The minimum atomic E-state index is -0.212. The van der Waals surface area contributed by atoms with Crippen molar-refractivity contribution >= 4 is 23.2 Å². The molecule has 2 amide bonds. The van der Waals surface area contributed by atoms with Crippen molar-refractivity contribution in [1.29, 1.82) is 0 Å². The second-order valence-corrected chi connectivity index (χ2v) is 7.83. The second-order valence-electron chi connectivity index (χ2n) is 7.83. The second kappa shape index (κ2) is 9.50. The molecule has 0 aliphatic carbocycles. The highest BCUT2D eigenvalue weighted by atomic mass is 16.5. The molecule has 5 rings (SSSR count). The molecule has 0 atom stereocenters. The molecule has 34 heavy (non-hydrogen) atoms. The molecule has 0 saturated heterocycles. The van der Waals surface area contributed by atoms with Crippen molar-refractivity contribution in [2.75, 3.05) is 16.8 Å². The number of carbonyl (C=O) groups excluding carboxylic acids is 2. The number of hydrogen-bond donors (Lipinski definition) is 1. The van der Waals surface area contributed by atoms with Gasteiger partial charge in [0.1, 0.15) is 17.2 Å². The Morgan fingerprint density at radius 3 is 2.26 bits per heavy atom. The van der Waals surface area contributed by atoms with Crippen LogP contribution in [0.3, 0.4) is 0 Å². The summed E-state index contributed by atoms with van der Waals surface area (Å²) < 4.78 is 11.3. The average Bonchev–Trinajstić information content (AvgIpc) is 2.88. The van der Waals surface area contributed by atoms with Crippen LogP contribution in [0.4, 0.5) is 11.4 Å². The summed E-state index contributed by atoms with van der Waals surface area (Å²) in [6, 6.07) is 31.4. The summed E-state index contributed by atoms with van der Waals surface area (Å²) in [6.45, 7) is 0.427. The molecule has 4 aromatic rings. The highest BCUT2D eigenvalue weighted by Crippen LogP contribution is 2.32. The number of nitrogens with one attached hydrogen (secondary N) is 1. The van der Waals surface area contributed by atoms with Crippen molar-refractivity contribution in [2.45, 2.75) is 6.54 Å². The van der Waals surface area contributed by atoms with Gasteiger partial charge in [-0.1, -0.05) is 42.5 Å². The minimum absolute atomic E-state index is 0.0205. The van der Waals surface area contributed by atoms with E-state index < -0.39 is 0 Å². The van der Waals surface area contributed by atoms with Crippen LogP contribution in [-0.4, -0.2) is 18.4 Å². The quantitative estimate of drug-likeness (QED) is 0.412. The summed E-state index contributed by atoms with van der Waals surface area (Å²) in [4.78, 5) is 26.8. The topological polar surface area (TPSA) is 67.9 Å². The molecule has 168 valence electrons. The Kier molecular flexibility index (Phi) is 5.95. The van der Waals surface area contributed by atoms with Gasteiger partial charge in [0.15, 0.2) is 6.61 Å².